The summed E-state index contributed by atoms with van der Waals surface area (Å²) in [4.78, 5) is 228. The van der Waals surface area contributed by atoms with Gasteiger partial charge in [-0.1, -0.05) is 109 Å². The Kier molecular flexibility index (Phi) is 45.1. The summed E-state index contributed by atoms with van der Waals surface area (Å²) in [7, 11) is 16.9. The van der Waals surface area contributed by atoms with Crippen LogP contribution in [-0.4, -0.2) is 309 Å². The lowest BCUT2D eigenvalue weighted by Crippen LogP contribution is -3.00. The molecule has 1 aliphatic heterocycles. The quantitative estimate of drug-likeness (QED) is 0.0192. The molecular weight excluding hydrogens is 1560 g/mol. The molecule has 32 nitrogen and oxygen atoms in total. The number of nitrogens with zero attached hydrogens (tertiary/aromatic N) is 9. The van der Waals surface area contributed by atoms with Gasteiger partial charge in [0, 0.05) is 70.2 Å². The van der Waals surface area contributed by atoms with Crippen molar-refractivity contribution in [1.29, 1.82) is 0 Å². The smallest absolute Gasteiger partial charge is 0.410 e. The van der Waals surface area contributed by atoms with Gasteiger partial charge in [-0.15, -0.1) is 0 Å². The molecule has 1 heterocycles. The molecule has 0 aliphatic carbocycles. The summed E-state index contributed by atoms with van der Waals surface area (Å²) < 4.78 is 17.2. The zero-order valence-electron chi connectivity index (χ0n) is 72.9. The molecule has 1 fully saturated rings. The van der Waals surface area contributed by atoms with E-state index in [0.29, 0.717) is 23.9 Å². The van der Waals surface area contributed by atoms with E-state index < -0.39 is 199 Å². The van der Waals surface area contributed by atoms with Crippen LogP contribution >= 0.6 is 0 Å². The SMILES string of the molecule is C/C=C/C[C@@H](C)[C@@H](OC(=O)CN(C)C(=O)[C@H](CCCC[N+](C)(C)C)NC(=O)OC(C)OC(C)=O)[C@H]1C(=O)N[C@@H](CC)C(=O)N(C)CC(=O)N(C)[C@@H](CC(C)C)C(=O)N[C@@H](C(C)C)C(=O)N(C)[C@@H](CC(C)C)C(=O)N[C@@H](C)C(=O)N[C@H](C)C(=O)N(C)[C@@H](CC(C)C)C(=O)N(C)[C@@H](CC(C)C)C(=O)N(C)[C@@H](C(C)C)C(=O)N1C.[I-]. The lowest BCUT2D eigenvalue weighted by atomic mass is 9.91. The van der Waals surface area contributed by atoms with Crippen molar-refractivity contribution in [3.63, 3.8) is 0 Å². The van der Waals surface area contributed by atoms with Crippen LogP contribution in [0.2, 0.25) is 0 Å². The predicted octanol–water partition coefficient (Wildman–Crippen LogP) is 1.16. The molecule has 1 rings (SSSR count). The van der Waals surface area contributed by atoms with E-state index >= 15 is 19.2 Å². The maximum atomic E-state index is 16.0. The summed E-state index contributed by atoms with van der Waals surface area (Å²) in [5.74, 6) is -13.9. The minimum atomic E-state index is -1.86. The number of alkyl carbamates (subject to hydrolysis) is 1. The third kappa shape index (κ3) is 33.0. The normalized spacial score (nSPS) is 23.6. The highest BCUT2D eigenvalue weighted by molar-refractivity contribution is 6.00. The van der Waals surface area contributed by atoms with E-state index in [0.717, 1.165) is 21.6 Å². The number of nitrogens with one attached hydrogen (secondary N) is 5. The van der Waals surface area contributed by atoms with Crippen LogP contribution < -0.4 is 50.6 Å². The van der Waals surface area contributed by atoms with Crippen LogP contribution in [0, 0.1) is 41.4 Å². The summed E-state index contributed by atoms with van der Waals surface area (Å²) in [5, 5.41) is 13.6. The Morgan fingerprint density at radius 3 is 1.48 bits per heavy atom. The van der Waals surface area contributed by atoms with Crippen LogP contribution in [0.1, 0.15) is 189 Å². The number of quaternary nitrogens is 1. The van der Waals surface area contributed by atoms with Crippen LogP contribution in [-0.2, 0) is 81.3 Å². The Morgan fingerprint density at radius 1 is 0.545 bits per heavy atom. The summed E-state index contributed by atoms with van der Waals surface area (Å²) in [6.45, 7) is 31.0. The number of halogens is 1. The molecule has 1 saturated heterocycles. The molecule has 0 aromatic rings. The number of hydrogen-bond donors (Lipinski definition) is 5. The highest BCUT2D eigenvalue weighted by Gasteiger charge is 2.48. The fourth-order valence-electron chi connectivity index (χ4n) is 13.3. The minimum Gasteiger partial charge on any atom is -1.00 e. The average molecular weight is 1700 g/mol. The monoisotopic (exact) mass is 1700 g/mol. The van der Waals surface area contributed by atoms with Gasteiger partial charge in [0.25, 0.3) is 0 Å². The average Bonchev–Trinajstić information content (AvgIpc) is 0.798. The second kappa shape index (κ2) is 48.5. The number of ether oxygens (including phenoxy) is 3. The third-order valence-electron chi connectivity index (χ3n) is 19.8. The van der Waals surface area contributed by atoms with Crippen molar-refractivity contribution >= 4 is 88.9 Å². The van der Waals surface area contributed by atoms with Gasteiger partial charge in [-0.25, -0.2) is 4.79 Å². The van der Waals surface area contributed by atoms with Gasteiger partial charge < -0.3 is 108 Å². The molecule has 0 radical (unpaired) electrons. The van der Waals surface area contributed by atoms with E-state index in [4.69, 9.17) is 14.2 Å². The fraction of sp³-hybridized carbons (Fsp3) is 0.785. The van der Waals surface area contributed by atoms with Gasteiger partial charge in [0.2, 0.25) is 77.2 Å². The number of likely N-dealkylation sites (N-methyl/N-ethyl adjacent to an activating group) is 8. The first-order chi connectivity index (χ1) is 51.2. The molecule has 14 atom stereocenters. The Morgan fingerprint density at radius 2 is 1.01 bits per heavy atom. The van der Waals surface area contributed by atoms with Crippen LogP contribution in [0.3, 0.4) is 0 Å². The number of carbonyl (C=O) groups is 15. The zero-order valence-corrected chi connectivity index (χ0v) is 75.1. The zero-order chi connectivity index (χ0) is 85.9. The first-order valence-corrected chi connectivity index (χ1v) is 39.3. The molecule has 1 unspecified atom stereocenters. The highest BCUT2D eigenvalue weighted by atomic mass is 127. The standard InChI is InChI=1S/C79H140N14O18.HI/c1-31-33-36-51(15)67(111-63(96)44-86(21)74(103)57(37-34-35-38-93(28,29)30)83-79(108)110-55(19)109-54(18)94)66-71(100)82-56(32-2)73(102)85(20)43-62(95)87(22)58(39-45(3)4)70(99)84-64(49(11)12)77(106)88(23)59(40-46(5)6)69(98)80-52(16)68(97)81-53(17)72(101)89(24)60(41-47(7)8)75(104)90(25)61(42-48(9)10)76(105)91(26)65(50(13)14)78(107)92(66)27;/h31,33,45-53,55-61,64-67H,32,34-44H2,1-30H3,(H4-,80,81,82,83,84,97,98,99,100,108);1H/b33-31+;/t51-,52+,53-,55?,56+,57+,58+,59+,60+,61+,64+,65+,66+,67-;/m1./s1. The number of unbranched alkanes of at least 4 members (excludes halogenated alkanes) is 1. The molecule has 0 bridgehead atoms. The second-order valence-corrected chi connectivity index (χ2v) is 33.5. The van der Waals surface area contributed by atoms with Crippen molar-refractivity contribution in [1.82, 2.24) is 65.8 Å². The Labute approximate surface area is 684 Å². The lowest BCUT2D eigenvalue weighted by molar-refractivity contribution is -0.870. The Bertz CT molecular complexity index is 3200. The van der Waals surface area contributed by atoms with Gasteiger partial charge in [0.05, 0.1) is 34.2 Å². The molecule has 0 saturated carbocycles. The van der Waals surface area contributed by atoms with Crippen LogP contribution in [0.15, 0.2) is 12.2 Å². The summed E-state index contributed by atoms with van der Waals surface area (Å²) in [6, 6.07) is -14.8. The summed E-state index contributed by atoms with van der Waals surface area (Å²) >= 11 is 0. The maximum Gasteiger partial charge on any atom is 0.410 e. The molecule has 33 heteroatoms. The van der Waals surface area contributed by atoms with Crippen molar-refractivity contribution in [2.75, 3.05) is 97.2 Å². The summed E-state index contributed by atoms with van der Waals surface area (Å²) in [5.41, 5.74) is 0. The number of amides is 13. The number of esters is 2. The van der Waals surface area contributed by atoms with E-state index in [-0.39, 0.29) is 92.6 Å². The van der Waals surface area contributed by atoms with Crippen molar-refractivity contribution in [3.05, 3.63) is 12.2 Å². The topological polar surface area (TPSA) is 370 Å². The number of rotatable bonds is 27. The molecular formula is C79H141IN14O18. The summed E-state index contributed by atoms with van der Waals surface area (Å²) in [6.07, 6.45) is 0.914. The Hall–Kier alpha value is -7.72. The lowest BCUT2D eigenvalue weighted by Gasteiger charge is -2.42. The van der Waals surface area contributed by atoms with Gasteiger partial charge >= 0.3 is 18.0 Å². The van der Waals surface area contributed by atoms with E-state index in [1.807, 2.05) is 76.5 Å². The maximum absolute atomic E-state index is 16.0. The third-order valence-corrected chi connectivity index (χ3v) is 19.8. The van der Waals surface area contributed by atoms with Crippen LogP contribution in [0.5, 0.6) is 0 Å². The van der Waals surface area contributed by atoms with Gasteiger partial charge in [0.15, 0.2) is 0 Å². The van der Waals surface area contributed by atoms with Crippen LogP contribution in [0.25, 0.3) is 0 Å². The molecule has 0 aromatic carbocycles. The molecule has 112 heavy (non-hydrogen) atoms. The number of hydrogen-bond acceptors (Lipinski definition) is 18. The van der Waals surface area contributed by atoms with Crippen molar-refractivity contribution in [2.45, 2.75) is 268 Å². The molecule has 1 aliphatic rings. The first kappa shape index (κ1) is 104. The molecule has 13 amide bonds. The highest BCUT2D eigenvalue weighted by Crippen LogP contribution is 2.28. The van der Waals surface area contributed by atoms with Crippen molar-refractivity contribution in [2.24, 2.45) is 41.4 Å². The van der Waals surface area contributed by atoms with E-state index in [1.54, 1.807) is 60.6 Å². The number of carbonyl (C=O) groups excluding carboxylic acids is 15. The van der Waals surface area contributed by atoms with Gasteiger partial charge in [-0.2, -0.15) is 0 Å². The Balaban J connectivity index is 0.000123. The predicted molar refractivity (Wildman–Crippen MR) is 421 cm³/mol. The van der Waals surface area contributed by atoms with E-state index in [1.165, 1.54) is 102 Å². The van der Waals surface area contributed by atoms with Gasteiger partial charge in [-0.3, -0.25) is 67.1 Å². The van der Waals surface area contributed by atoms with E-state index in [2.05, 4.69) is 26.6 Å². The van der Waals surface area contributed by atoms with Gasteiger partial charge in [0.1, 0.15) is 79.1 Å². The molecule has 0 spiro atoms. The fourth-order valence-corrected chi connectivity index (χ4v) is 13.3. The first-order valence-electron chi connectivity index (χ1n) is 39.3. The molecule has 0 aromatic heterocycles. The number of allylic oxidation sites excluding steroid dienone is 2. The van der Waals surface area contributed by atoms with Gasteiger partial charge in [-0.05, 0) is 120 Å². The second-order valence-electron chi connectivity index (χ2n) is 33.5. The molecule has 642 valence electrons. The van der Waals surface area contributed by atoms with Crippen molar-refractivity contribution < 1.29 is 115 Å². The van der Waals surface area contributed by atoms with E-state index in [9.17, 15) is 52.7 Å². The van der Waals surface area contributed by atoms with Crippen LogP contribution in [0.4, 0.5) is 4.79 Å². The minimum absolute atomic E-state index is 0. The van der Waals surface area contributed by atoms with Crippen molar-refractivity contribution in [3.8, 4) is 0 Å². The largest absolute Gasteiger partial charge is 1.00 e. The molecule has 5 N–H and O–H groups in total.